The van der Waals surface area contributed by atoms with Gasteiger partial charge >= 0.3 is 0 Å². The summed E-state index contributed by atoms with van der Waals surface area (Å²) in [5, 5.41) is 5.62. The Labute approximate surface area is 480 Å². The van der Waals surface area contributed by atoms with Crippen LogP contribution in [0, 0.1) is 0 Å². The van der Waals surface area contributed by atoms with Gasteiger partial charge in [0, 0.05) is 77.4 Å². The smallest absolute Gasteiger partial charge is 0.164 e. The van der Waals surface area contributed by atoms with E-state index in [0.717, 1.165) is 110 Å². The SMILES string of the molecule is c1ccc(-c2nc(-c3ccccc3)nc(-c3ccc(-n4c5ccccc5c5cccc(-c6ccc7c(c6)c6ccc8nc(-c9ccccc9)sc8c6n7-c6ccc(-c7nc(-c8ccccc8)nc(-c8ccccc8)n7)cc6)c54)cc3)n2)cc1. The largest absolute Gasteiger partial charge is 0.309 e. The van der Waals surface area contributed by atoms with Crippen molar-refractivity contribution in [2.45, 2.75) is 0 Å². The van der Waals surface area contributed by atoms with Crippen molar-refractivity contribution in [3.8, 4) is 101 Å². The average molecular weight is 1080 g/mol. The zero-order valence-corrected chi connectivity index (χ0v) is 45.2. The Balaban J connectivity index is 0.846. The van der Waals surface area contributed by atoms with E-state index in [-0.39, 0.29) is 0 Å². The maximum atomic E-state index is 5.24. The third-order valence-corrected chi connectivity index (χ3v) is 16.6. The monoisotopic (exact) mass is 1080 g/mol. The van der Waals surface area contributed by atoms with Gasteiger partial charge in [-0.15, -0.1) is 11.3 Å². The number of aromatic nitrogens is 9. The second-order valence-corrected chi connectivity index (χ2v) is 21.5. The Bertz CT molecular complexity index is 4990. The minimum Gasteiger partial charge on any atom is -0.309 e. The molecule has 10 heteroatoms. The van der Waals surface area contributed by atoms with Crippen LogP contribution in [0.2, 0.25) is 0 Å². The van der Waals surface area contributed by atoms with Crippen LogP contribution in [0.5, 0.6) is 0 Å². The summed E-state index contributed by atoms with van der Waals surface area (Å²) in [6.07, 6.45) is 0. The van der Waals surface area contributed by atoms with Gasteiger partial charge in [-0.05, 0) is 84.4 Å². The van der Waals surface area contributed by atoms with E-state index >= 15 is 0 Å². The molecule has 0 N–H and O–H groups in total. The highest BCUT2D eigenvalue weighted by atomic mass is 32.1. The molecule has 0 bridgehead atoms. The van der Waals surface area contributed by atoms with Gasteiger partial charge in [-0.25, -0.2) is 34.9 Å². The van der Waals surface area contributed by atoms with Gasteiger partial charge in [-0.2, -0.15) is 0 Å². The molecule has 388 valence electrons. The summed E-state index contributed by atoms with van der Waals surface area (Å²) in [6.45, 7) is 0. The van der Waals surface area contributed by atoms with E-state index in [1.807, 2.05) is 127 Å². The van der Waals surface area contributed by atoms with Gasteiger partial charge in [0.05, 0.1) is 32.3 Å². The third-order valence-electron chi connectivity index (χ3n) is 15.5. The number of hydrogen-bond acceptors (Lipinski definition) is 8. The summed E-state index contributed by atoms with van der Waals surface area (Å²) in [5.41, 5.74) is 16.3. The summed E-state index contributed by atoms with van der Waals surface area (Å²) in [6, 6.07) is 94.9. The second kappa shape index (κ2) is 19.9. The van der Waals surface area contributed by atoms with E-state index in [9.17, 15) is 0 Å². The highest BCUT2D eigenvalue weighted by Gasteiger charge is 2.23. The van der Waals surface area contributed by atoms with Crippen LogP contribution in [0.25, 0.3) is 155 Å². The highest BCUT2D eigenvalue weighted by Crippen LogP contribution is 2.44. The minimum atomic E-state index is 0.605. The fourth-order valence-electron chi connectivity index (χ4n) is 11.5. The van der Waals surface area contributed by atoms with Gasteiger partial charge in [0.25, 0.3) is 0 Å². The fraction of sp³-hybridized carbons (Fsp3) is 0. The van der Waals surface area contributed by atoms with Crippen LogP contribution in [0.1, 0.15) is 0 Å². The number of nitrogens with zero attached hydrogens (tertiary/aromatic N) is 9. The number of rotatable bonds is 10. The van der Waals surface area contributed by atoms with E-state index in [1.165, 1.54) is 10.8 Å². The number of hydrogen-bond donors (Lipinski definition) is 0. The molecule has 0 aliphatic carbocycles. The molecule has 0 spiro atoms. The van der Waals surface area contributed by atoms with Gasteiger partial charge in [0.1, 0.15) is 5.01 Å². The molecule has 16 rings (SSSR count). The molecule has 9 nitrogen and oxygen atoms in total. The summed E-state index contributed by atoms with van der Waals surface area (Å²) in [5.74, 6) is 3.72. The van der Waals surface area contributed by atoms with Gasteiger partial charge < -0.3 is 9.13 Å². The van der Waals surface area contributed by atoms with Gasteiger partial charge in [-0.3, -0.25) is 0 Å². The van der Waals surface area contributed by atoms with Crippen LogP contribution >= 0.6 is 11.3 Å². The lowest BCUT2D eigenvalue weighted by atomic mass is 9.99. The van der Waals surface area contributed by atoms with Crippen molar-refractivity contribution in [1.29, 1.82) is 0 Å². The molecule has 0 unspecified atom stereocenters. The molecule has 5 heterocycles. The van der Waals surface area contributed by atoms with E-state index in [4.69, 9.17) is 34.9 Å². The van der Waals surface area contributed by atoms with Crippen molar-refractivity contribution in [1.82, 2.24) is 44.0 Å². The van der Waals surface area contributed by atoms with E-state index < -0.39 is 0 Å². The molecular weight excluding hydrogens is 1030 g/mol. The van der Waals surface area contributed by atoms with Crippen molar-refractivity contribution in [3.63, 3.8) is 0 Å². The predicted molar refractivity (Wildman–Crippen MR) is 339 cm³/mol. The zero-order chi connectivity index (χ0) is 54.8. The second-order valence-electron chi connectivity index (χ2n) is 20.5. The lowest BCUT2D eigenvalue weighted by Crippen LogP contribution is -2.00. The van der Waals surface area contributed by atoms with Crippen molar-refractivity contribution >= 4 is 65.2 Å². The Morgan fingerprint density at radius 2 is 0.639 bits per heavy atom. The standard InChI is InChI=1S/C73H45N9S/c1-6-19-46(20-7-1)67-75-68(47-21-8-2-9-22-47)78-71(77-67)50-33-38-54(39-34-50)81-62-32-17-16-29-57(62)58-31-18-30-56(64(58)81)53-37-44-63-60(45-53)59-42-43-61-66(83-73(74-61)52-27-14-5-15-28-52)65(59)82(63)55-40-35-51(36-41-55)72-79-69(48-23-10-3-11-24-48)76-70(80-72)49-25-12-4-13-26-49/h1-45H. The molecule has 0 fully saturated rings. The van der Waals surface area contributed by atoms with Crippen molar-refractivity contribution in [2.75, 3.05) is 0 Å². The van der Waals surface area contributed by atoms with Crippen LogP contribution in [-0.4, -0.2) is 44.0 Å². The molecule has 5 aromatic heterocycles. The predicted octanol–water partition coefficient (Wildman–Crippen LogP) is 18.2. The van der Waals surface area contributed by atoms with Crippen LogP contribution in [0.3, 0.4) is 0 Å². The number of thiazole rings is 1. The van der Waals surface area contributed by atoms with E-state index in [2.05, 4.69) is 155 Å². The Hall–Kier alpha value is -11.1. The molecule has 0 aliphatic heterocycles. The van der Waals surface area contributed by atoms with E-state index in [0.29, 0.717) is 34.9 Å². The molecule has 0 saturated carbocycles. The summed E-state index contributed by atoms with van der Waals surface area (Å²) in [7, 11) is 0. The average Bonchev–Trinajstić information content (AvgIpc) is 4.25. The topological polar surface area (TPSA) is 100 Å². The molecule has 0 saturated heterocycles. The Kier molecular flexibility index (Phi) is 11.5. The zero-order valence-electron chi connectivity index (χ0n) is 44.4. The van der Waals surface area contributed by atoms with Crippen molar-refractivity contribution in [3.05, 3.63) is 273 Å². The van der Waals surface area contributed by atoms with Gasteiger partial charge in [0.2, 0.25) is 0 Å². The first-order chi connectivity index (χ1) is 41.1. The first kappa shape index (κ1) is 47.9. The maximum absolute atomic E-state index is 5.24. The molecule has 0 atom stereocenters. The minimum absolute atomic E-state index is 0.605. The third kappa shape index (κ3) is 8.43. The number of fused-ring (bicyclic) bond motifs is 8. The van der Waals surface area contributed by atoms with E-state index in [1.54, 1.807) is 11.3 Å². The molecule has 0 aliphatic rings. The summed E-state index contributed by atoms with van der Waals surface area (Å²) in [4.78, 5) is 35.3. The Morgan fingerprint density at radius 1 is 0.253 bits per heavy atom. The molecular formula is C73H45N9S. The molecule has 0 amide bonds. The van der Waals surface area contributed by atoms with Crippen molar-refractivity contribution in [2.24, 2.45) is 0 Å². The number of para-hydroxylation sites is 2. The Morgan fingerprint density at radius 3 is 1.13 bits per heavy atom. The summed E-state index contributed by atoms with van der Waals surface area (Å²) < 4.78 is 5.93. The molecule has 11 aromatic carbocycles. The quantitative estimate of drug-likeness (QED) is 0.134. The molecule has 0 radical (unpaired) electrons. The first-order valence-electron chi connectivity index (χ1n) is 27.5. The molecule has 16 aromatic rings. The summed E-state index contributed by atoms with van der Waals surface area (Å²) >= 11 is 1.73. The van der Waals surface area contributed by atoms with Crippen LogP contribution in [0.4, 0.5) is 0 Å². The van der Waals surface area contributed by atoms with Gasteiger partial charge in [-0.1, -0.05) is 194 Å². The van der Waals surface area contributed by atoms with Crippen LogP contribution in [0.15, 0.2) is 273 Å². The first-order valence-corrected chi connectivity index (χ1v) is 28.4. The lowest BCUT2D eigenvalue weighted by Gasteiger charge is -2.13. The normalized spacial score (nSPS) is 11.6. The molecule has 83 heavy (non-hydrogen) atoms. The maximum Gasteiger partial charge on any atom is 0.164 e. The number of benzene rings is 11. The fourth-order valence-corrected chi connectivity index (χ4v) is 12.6. The van der Waals surface area contributed by atoms with Crippen LogP contribution in [-0.2, 0) is 0 Å². The van der Waals surface area contributed by atoms with Crippen molar-refractivity contribution < 1.29 is 0 Å². The highest BCUT2D eigenvalue weighted by molar-refractivity contribution is 7.22. The van der Waals surface area contributed by atoms with Gasteiger partial charge in [0.15, 0.2) is 34.9 Å². The van der Waals surface area contributed by atoms with Crippen LogP contribution < -0.4 is 0 Å². The lowest BCUT2D eigenvalue weighted by molar-refractivity contribution is 1.07.